The van der Waals surface area contributed by atoms with Crippen LogP contribution in [-0.4, -0.2) is 12.6 Å². The van der Waals surface area contributed by atoms with Gasteiger partial charge in [0.05, 0.1) is 0 Å². The first kappa shape index (κ1) is 14.3. The molecule has 1 fully saturated rings. The minimum absolute atomic E-state index is 0.462. The minimum atomic E-state index is 0.462. The lowest BCUT2D eigenvalue weighted by molar-refractivity contribution is 0.332. The van der Waals surface area contributed by atoms with Crippen LogP contribution in [0.5, 0.6) is 0 Å². The summed E-state index contributed by atoms with van der Waals surface area (Å²) in [5.41, 5.74) is 1.28. The molecule has 1 unspecified atom stereocenters. The van der Waals surface area contributed by atoms with Crippen molar-refractivity contribution in [1.82, 2.24) is 5.32 Å². The van der Waals surface area contributed by atoms with Gasteiger partial charge in [0.15, 0.2) is 0 Å². The molecule has 0 bridgehead atoms. The van der Waals surface area contributed by atoms with Crippen molar-refractivity contribution < 1.29 is 0 Å². The van der Waals surface area contributed by atoms with Gasteiger partial charge in [-0.05, 0) is 31.4 Å². The molecule has 1 aliphatic rings. The van der Waals surface area contributed by atoms with Crippen molar-refractivity contribution in [1.29, 1.82) is 0 Å². The summed E-state index contributed by atoms with van der Waals surface area (Å²) in [6, 6.07) is 11.0. The van der Waals surface area contributed by atoms with Crippen LogP contribution in [0.25, 0.3) is 6.08 Å². The number of rotatable bonds is 6. The molecule has 0 spiro atoms. The topological polar surface area (TPSA) is 12.0 Å². The Labute approximate surface area is 118 Å². The Hall–Kier alpha value is -1.08. The van der Waals surface area contributed by atoms with Crippen LogP contribution in [0.3, 0.4) is 0 Å². The Balaban J connectivity index is 1.64. The quantitative estimate of drug-likeness (QED) is 0.782. The molecule has 1 N–H and O–H groups in total. The van der Waals surface area contributed by atoms with E-state index in [0.717, 1.165) is 12.5 Å². The first-order valence-corrected chi connectivity index (χ1v) is 7.81. The molecule has 1 saturated carbocycles. The van der Waals surface area contributed by atoms with Gasteiger partial charge in [0.25, 0.3) is 0 Å². The number of benzene rings is 1. The van der Waals surface area contributed by atoms with Crippen molar-refractivity contribution in [2.45, 2.75) is 51.5 Å². The van der Waals surface area contributed by atoms with Crippen molar-refractivity contribution in [2.24, 2.45) is 5.92 Å². The van der Waals surface area contributed by atoms with Crippen molar-refractivity contribution >= 4 is 6.08 Å². The van der Waals surface area contributed by atoms with E-state index >= 15 is 0 Å². The molecule has 1 nitrogen and oxygen atoms in total. The molecule has 2 rings (SSSR count). The van der Waals surface area contributed by atoms with Crippen molar-refractivity contribution in [2.75, 3.05) is 6.54 Å². The lowest BCUT2D eigenvalue weighted by atomic mass is 9.87. The maximum Gasteiger partial charge on any atom is 0.0224 e. The standard InChI is InChI=1S/C18H27N/c1-16(12-13-17-8-4-2-5-9-17)19-15-14-18-10-6-3-7-11-18/h2,4-5,8-9,12-13,16,18-19H,3,6-7,10-11,14-15H2,1H3/b13-12+. The first-order valence-electron chi connectivity index (χ1n) is 7.81. The third-order valence-electron chi connectivity index (χ3n) is 4.12. The van der Waals surface area contributed by atoms with Gasteiger partial charge >= 0.3 is 0 Å². The molecular formula is C18H27N. The zero-order chi connectivity index (χ0) is 13.3. The van der Waals surface area contributed by atoms with E-state index in [4.69, 9.17) is 0 Å². The lowest BCUT2D eigenvalue weighted by Crippen LogP contribution is -2.26. The summed E-state index contributed by atoms with van der Waals surface area (Å²) in [6.45, 7) is 3.39. The van der Waals surface area contributed by atoms with Crippen LogP contribution in [0.1, 0.15) is 51.0 Å². The summed E-state index contributed by atoms with van der Waals surface area (Å²) in [4.78, 5) is 0. The van der Waals surface area contributed by atoms with Crippen LogP contribution < -0.4 is 5.32 Å². The lowest BCUT2D eigenvalue weighted by Gasteiger charge is -2.22. The zero-order valence-electron chi connectivity index (χ0n) is 12.1. The van der Waals surface area contributed by atoms with Crippen LogP contribution in [0.4, 0.5) is 0 Å². The van der Waals surface area contributed by atoms with Crippen molar-refractivity contribution in [3.8, 4) is 0 Å². The van der Waals surface area contributed by atoms with Gasteiger partial charge in [-0.1, -0.05) is 74.6 Å². The third kappa shape index (κ3) is 5.61. The van der Waals surface area contributed by atoms with E-state index in [1.54, 1.807) is 0 Å². The fourth-order valence-electron chi connectivity index (χ4n) is 2.88. The highest BCUT2D eigenvalue weighted by Gasteiger charge is 2.12. The van der Waals surface area contributed by atoms with Gasteiger partial charge in [-0.3, -0.25) is 0 Å². The fourth-order valence-corrected chi connectivity index (χ4v) is 2.88. The second-order valence-corrected chi connectivity index (χ2v) is 5.81. The van der Waals surface area contributed by atoms with E-state index < -0.39 is 0 Å². The Bertz CT molecular complexity index is 363. The second-order valence-electron chi connectivity index (χ2n) is 5.81. The van der Waals surface area contributed by atoms with Crippen molar-refractivity contribution in [3.63, 3.8) is 0 Å². The number of hydrogen-bond donors (Lipinski definition) is 1. The SMILES string of the molecule is CC(/C=C/c1ccccc1)NCCC1CCCCC1. The summed E-state index contributed by atoms with van der Waals surface area (Å²) in [5.74, 6) is 0.978. The smallest absolute Gasteiger partial charge is 0.0224 e. The molecule has 1 atom stereocenters. The maximum atomic E-state index is 3.61. The summed E-state index contributed by atoms with van der Waals surface area (Å²) >= 11 is 0. The van der Waals surface area contributed by atoms with Crippen LogP contribution in [0.2, 0.25) is 0 Å². The van der Waals surface area contributed by atoms with Crippen molar-refractivity contribution in [3.05, 3.63) is 42.0 Å². The first-order chi connectivity index (χ1) is 9.34. The highest BCUT2D eigenvalue weighted by molar-refractivity contribution is 5.49. The average Bonchev–Trinajstić information content (AvgIpc) is 2.47. The monoisotopic (exact) mass is 257 g/mol. The molecule has 0 saturated heterocycles. The molecule has 1 aromatic carbocycles. The number of nitrogens with one attached hydrogen (secondary N) is 1. The summed E-state index contributed by atoms with van der Waals surface area (Å²) < 4.78 is 0. The molecule has 0 heterocycles. The maximum absolute atomic E-state index is 3.61. The van der Waals surface area contributed by atoms with Gasteiger partial charge in [0.2, 0.25) is 0 Å². The molecule has 0 amide bonds. The van der Waals surface area contributed by atoms with E-state index in [9.17, 15) is 0 Å². The molecule has 104 valence electrons. The predicted molar refractivity (Wildman–Crippen MR) is 84.1 cm³/mol. The fraction of sp³-hybridized carbons (Fsp3) is 0.556. The molecule has 1 aliphatic carbocycles. The Morgan fingerprint density at radius 3 is 2.63 bits per heavy atom. The Morgan fingerprint density at radius 1 is 1.16 bits per heavy atom. The van der Waals surface area contributed by atoms with Crippen LogP contribution in [0, 0.1) is 5.92 Å². The Kier molecular flexibility index (Phi) is 6.16. The van der Waals surface area contributed by atoms with Gasteiger partial charge in [-0.15, -0.1) is 0 Å². The van der Waals surface area contributed by atoms with Gasteiger partial charge in [-0.25, -0.2) is 0 Å². The molecule has 1 heteroatoms. The normalized spacial score (nSPS) is 18.8. The predicted octanol–water partition coefficient (Wildman–Crippen LogP) is 4.65. The van der Waals surface area contributed by atoms with Crippen LogP contribution >= 0.6 is 0 Å². The summed E-state index contributed by atoms with van der Waals surface area (Å²) in [5, 5.41) is 3.61. The van der Waals surface area contributed by atoms with Gasteiger partial charge in [0.1, 0.15) is 0 Å². The van der Waals surface area contributed by atoms with Gasteiger partial charge in [0, 0.05) is 6.04 Å². The highest BCUT2D eigenvalue weighted by Crippen LogP contribution is 2.25. The summed E-state index contributed by atoms with van der Waals surface area (Å²) in [7, 11) is 0. The molecular weight excluding hydrogens is 230 g/mol. The molecule has 1 aromatic rings. The molecule has 0 aliphatic heterocycles. The number of hydrogen-bond acceptors (Lipinski definition) is 1. The Morgan fingerprint density at radius 2 is 1.89 bits per heavy atom. The van der Waals surface area contributed by atoms with Gasteiger partial charge in [-0.2, -0.15) is 0 Å². The molecule has 0 aromatic heterocycles. The summed E-state index contributed by atoms with van der Waals surface area (Å²) in [6.07, 6.45) is 13.1. The van der Waals surface area contributed by atoms with E-state index in [1.165, 1.54) is 44.1 Å². The second kappa shape index (κ2) is 8.16. The highest BCUT2D eigenvalue weighted by atomic mass is 14.9. The van der Waals surface area contributed by atoms with E-state index in [1.807, 2.05) is 0 Å². The average molecular weight is 257 g/mol. The van der Waals surface area contributed by atoms with E-state index in [0.29, 0.717) is 6.04 Å². The van der Waals surface area contributed by atoms with E-state index in [2.05, 4.69) is 54.7 Å². The third-order valence-corrected chi connectivity index (χ3v) is 4.12. The van der Waals surface area contributed by atoms with Gasteiger partial charge < -0.3 is 5.32 Å². The minimum Gasteiger partial charge on any atom is -0.311 e. The molecule has 19 heavy (non-hydrogen) atoms. The van der Waals surface area contributed by atoms with E-state index in [-0.39, 0.29) is 0 Å². The van der Waals surface area contributed by atoms with Crippen LogP contribution in [0.15, 0.2) is 36.4 Å². The molecule has 0 radical (unpaired) electrons. The van der Waals surface area contributed by atoms with Crippen LogP contribution in [-0.2, 0) is 0 Å². The largest absolute Gasteiger partial charge is 0.311 e. The zero-order valence-corrected chi connectivity index (χ0v) is 12.1.